The zero-order chi connectivity index (χ0) is 13.5. The van der Waals surface area contributed by atoms with Gasteiger partial charge < -0.3 is 0 Å². The van der Waals surface area contributed by atoms with E-state index in [4.69, 9.17) is 0 Å². The molecule has 3 nitrogen and oxygen atoms in total. The lowest BCUT2D eigenvalue weighted by atomic mass is 9.76. The zero-order valence-corrected chi connectivity index (χ0v) is 11.5. The summed E-state index contributed by atoms with van der Waals surface area (Å²) in [5, 5.41) is 0. The van der Waals surface area contributed by atoms with E-state index >= 15 is 0 Å². The van der Waals surface area contributed by atoms with Crippen molar-refractivity contribution in [3.8, 4) is 0 Å². The molecule has 0 amide bonds. The van der Waals surface area contributed by atoms with E-state index in [0.29, 0.717) is 12.8 Å². The van der Waals surface area contributed by atoms with Crippen LogP contribution in [0.25, 0.3) is 0 Å². The van der Waals surface area contributed by atoms with Crippen LogP contribution in [0, 0.1) is 11.8 Å². The first kappa shape index (κ1) is 15.1. The molecule has 0 spiro atoms. The number of hydrogen-bond donors (Lipinski definition) is 0. The van der Waals surface area contributed by atoms with Crippen molar-refractivity contribution in [1.29, 1.82) is 0 Å². The van der Waals surface area contributed by atoms with Gasteiger partial charge in [0.1, 0.15) is 5.92 Å². The van der Waals surface area contributed by atoms with Gasteiger partial charge in [-0.2, -0.15) is 0 Å². The van der Waals surface area contributed by atoms with Gasteiger partial charge in [0.05, 0.1) is 0 Å². The van der Waals surface area contributed by atoms with Crippen molar-refractivity contribution < 1.29 is 14.4 Å². The van der Waals surface area contributed by atoms with Crippen molar-refractivity contribution in [2.24, 2.45) is 11.8 Å². The van der Waals surface area contributed by atoms with Crippen molar-refractivity contribution >= 4 is 17.3 Å². The molecule has 0 heterocycles. The number of carbonyl (C=O) groups is 3. The highest BCUT2D eigenvalue weighted by Gasteiger charge is 2.38. The van der Waals surface area contributed by atoms with Crippen LogP contribution in [0.15, 0.2) is 0 Å². The molecule has 1 aliphatic rings. The molecule has 0 atom stereocenters. The van der Waals surface area contributed by atoms with E-state index < -0.39 is 5.92 Å². The van der Waals surface area contributed by atoms with Gasteiger partial charge in [0, 0.05) is 19.3 Å². The molecule has 1 aliphatic carbocycles. The van der Waals surface area contributed by atoms with Crippen molar-refractivity contribution in [3.63, 3.8) is 0 Å². The van der Waals surface area contributed by atoms with Crippen molar-refractivity contribution in [2.75, 3.05) is 0 Å². The van der Waals surface area contributed by atoms with Crippen molar-refractivity contribution in [3.05, 3.63) is 0 Å². The molecule has 0 bridgehead atoms. The van der Waals surface area contributed by atoms with Gasteiger partial charge in [-0.3, -0.25) is 14.4 Å². The van der Waals surface area contributed by atoms with Gasteiger partial charge in [0.2, 0.25) is 0 Å². The Bertz CT molecular complexity index is 302. The summed E-state index contributed by atoms with van der Waals surface area (Å²) in [6.07, 6.45) is 6.75. The normalized spacial score (nSPS) is 24.3. The van der Waals surface area contributed by atoms with Crippen LogP contribution in [0.1, 0.15) is 65.2 Å². The van der Waals surface area contributed by atoms with E-state index in [9.17, 15) is 14.4 Å². The molecule has 0 saturated heterocycles. The minimum absolute atomic E-state index is 0.140. The smallest absolute Gasteiger partial charge is 0.151 e. The SMILES string of the molecule is CCCCCCC1CC(=O)C(C(=O)CC)C(=O)C1. The average molecular weight is 252 g/mol. The van der Waals surface area contributed by atoms with Crippen LogP contribution >= 0.6 is 0 Å². The third kappa shape index (κ3) is 4.04. The summed E-state index contributed by atoms with van der Waals surface area (Å²) in [6, 6.07) is 0. The lowest BCUT2D eigenvalue weighted by molar-refractivity contribution is -0.143. The van der Waals surface area contributed by atoms with Crippen LogP contribution in [0.2, 0.25) is 0 Å². The van der Waals surface area contributed by atoms with Gasteiger partial charge in [-0.15, -0.1) is 0 Å². The molecular weight excluding hydrogens is 228 g/mol. The number of carbonyl (C=O) groups excluding carboxylic acids is 3. The van der Waals surface area contributed by atoms with Crippen LogP contribution < -0.4 is 0 Å². The molecular formula is C15H24O3. The van der Waals surface area contributed by atoms with E-state index in [1.807, 2.05) is 0 Å². The summed E-state index contributed by atoms with van der Waals surface area (Å²) in [5.74, 6) is -1.23. The largest absolute Gasteiger partial charge is 0.298 e. The Morgan fingerprint density at radius 3 is 2.17 bits per heavy atom. The maximum atomic E-state index is 11.9. The number of ketones is 3. The first-order chi connectivity index (χ1) is 8.60. The van der Waals surface area contributed by atoms with Crippen LogP contribution in [-0.4, -0.2) is 17.3 Å². The summed E-state index contributed by atoms with van der Waals surface area (Å²) >= 11 is 0. The molecule has 0 aromatic rings. The van der Waals surface area contributed by atoms with Crippen molar-refractivity contribution in [2.45, 2.75) is 65.2 Å². The molecule has 3 heteroatoms. The van der Waals surface area contributed by atoms with Gasteiger partial charge in [-0.25, -0.2) is 0 Å². The Balaban J connectivity index is 2.44. The van der Waals surface area contributed by atoms with Gasteiger partial charge in [0.15, 0.2) is 17.3 Å². The fourth-order valence-electron chi connectivity index (χ4n) is 2.68. The molecule has 1 saturated carbocycles. The number of unbranched alkanes of at least 4 members (excludes halogenated alkanes) is 3. The van der Waals surface area contributed by atoms with E-state index in [-0.39, 0.29) is 29.7 Å². The molecule has 18 heavy (non-hydrogen) atoms. The molecule has 1 fully saturated rings. The molecule has 0 aliphatic heterocycles. The summed E-state index contributed by atoms with van der Waals surface area (Å²) in [4.78, 5) is 35.3. The number of Topliss-reactive ketones (excluding diaryl/α,β-unsaturated/α-hetero) is 3. The molecule has 1 rings (SSSR count). The van der Waals surface area contributed by atoms with Crippen LogP contribution in [0.5, 0.6) is 0 Å². The van der Waals surface area contributed by atoms with Crippen LogP contribution in [0.3, 0.4) is 0 Å². The molecule has 102 valence electrons. The highest BCUT2D eigenvalue weighted by atomic mass is 16.2. The molecule has 0 aromatic carbocycles. The van der Waals surface area contributed by atoms with E-state index in [0.717, 1.165) is 12.8 Å². The van der Waals surface area contributed by atoms with Gasteiger partial charge in [-0.05, 0) is 12.3 Å². The predicted molar refractivity (Wildman–Crippen MR) is 70.3 cm³/mol. The second kappa shape index (κ2) is 7.45. The molecule has 0 N–H and O–H groups in total. The minimum atomic E-state index is -0.929. The van der Waals surface area contributed by atoms with Crippen LogP contribution in [-0.2, 0) is 14.4 Å². The third-order valence-electron chi connectivity index (χ3n) is 3.76. The van der Waals surface area contributed by atoms with Gasteiger partial charge >= 0.3 is 0 Å². The van der Waals surface area contributed by atoms with Crippen LogP contribution in [0.4, 0.5) is 0 Å². The third-order valence-corrected chi connectivity index (χ3v) is 3.76. The fourth-order valence-corrected chi connectivity index (χ4v) is 2.68. The quantitative estimate of drug-likeness (QED) is 0.517. The lowest BCUT2D eigenvalue weighted by Gasteiger charge is -2.25. The second-order valence-corrected chi connectivity index (χ2v) is 5.31. The summed E-state index contributed by atoms with van der Waals surface area (Å²) < 4.78 is 0. The highest BCUT2D eigenvalue weighted by molar-refractivity contribution is 6.20. The molecule has 0 radical (unpaired) electrons. The topological polar surface area (TPSA) is 51.2 Å². The van der Waals surface area contributed by atoms with Gasteiger partial charge in [-0.1, -0.05) is 39.5 Å². The van der Waals surface area contributed by atoms with Gasteiger partial charge in [0.25, 0.3) is 0 Å². The van der Waals surface area contributed by atoms with E-state index in [2.05, 4.69) is 6.92 Å². The predicted octanol–water partition coefficient (Wildman–Crippen LogP) is 3.10. The Kier molecular flexibility index (Phi) is 6.23. The van der Waals surface area contributed by atoms with E-state index in [1.54, 1.807) is 6.92 Å². The summed E-state index contributed by atoms with van der Waals surface area (Å²) in [7, 11) is 0. The lowest BCUT2D eigenvalue weighted by Crippen LogP contribution is -2.38. The highest BCUT2D eigenvalue weighted by Crippen LogP contribution is 2.28. The molecule has 0 unspecified atom stereocenters. The maximum Gasteiger partial charge on any atom is 0.151 e. The first-order valence-corrected chi connectivity index (χ1v) is 7.18. The Morgan fingerprint density at radius 1 is 1.06 bits per heavy atom. The number of rotatable bonds is 7. The monoisotopic (exact) mass is 252 g/mol. The Hall–Kier alpha value is -0.990. The first-order valence-electron chi connectivity index (χ1n) is 7.18. The maximum absolute atomic E-state index is 11.9. The Morgan fingerprint density at radius 2 is 1.67 bits per heavy atom. The standard InChI is InChI=1S/C15H24O3/c1-3-5-6-7-8-11-9-13(17)15(12(16)4-2)14(18)10-11/h11,15H,3-10H2,1-2H3. The number of hydrogen-bond acceptors (Lipinski definition) is 3. The summed E-state index contributed by atoms with van der Waals surface area (Å²) in [5.41, 5.74) is 0. The second-order valence-electron chi connectivity index (χ2n) is 5.31. The van der Waals surface area contributed by atoms with Crippen molar-refractivity contribution in [1.82, 2.24) is 0 Å². The summed E-state index contributed by atoms with van der Waals surface area (Å²) in [6.45, 7) is 3.87. The molecule has 0 aromatic heterocycles. The zero-order valence-electron chi connectivity index (χ0n) is 11.5. The average Bonchev–Trinajstić information content (AvgIpc) is 2.33. The minimum Gasteiger partial charge on any atom is -0.298 e. The fraction of sp³-hybridized carbons (Fsp3) is 0.800. The Labute approximate surface area is 109 Å². The van der Waals surface area contributed by atoms with E-state index in [1.165, 1.54) is 19.3 Å².